The van der Waals surface area contributed by atoms with Crippen LogP contribution in [0.15, 0.2) is 30.5 Å². The molecule has 94 valence electrons. The lowest BCUT2D eigenvalue weighted by Gasteiger charge is -2.09. The number of hydrogen-bond acceptors (Lipinski definition) is 3. The SMILES string of the molecule is NCc1cc(F)cnc1Oc1cccc(Cl)c1F. The number of hydrogen-bond donors (Lipinski definition) is 1. The molecule has 0 spiro atoms. The van der Waals surface area contributed by atoms with Gasteiger partial charge in [-0.15, -0.1) is 0 Å². The molecule has 1 heterocycles. The van der Waals surface area contributed by atoms with E-state index in [2.05, 4.69) is 4.98 Å². The van der Waals surface area contributed by atoms with Gasteiger partial charge in [0.25, 0.3) is 0 Å². The van der Waals surface area contributed by atoms with Crippen molar-refractivity contribution in [2.24, 2.45) is 5.73 Å². The zero-order chi connectivity index (χ0) is 13.1. The van der Waals surface area contributed by atoms with Gasteiger partial charge in [0.2, 0.25) is 5.88 Å². The van der Waals surface area contributed by atoms with Crippen molar-refractivity contribution in [1.82, 2.24) is 4.98 Å². The minimum absolute atomic E-state index is 0.0300. The van der Waals surface area contributed by atoms with E-state index in [1.54, 1.807) is 0 Å². The van der Waals surface area contributed by atoms with Crippen molar-refractivity contribution in [3.05, 3.63) is 52.7 Å². The molecule has 0 radical (unpaired) electrons. The third-order valence-corrected chi connectivity index (χ3v) is 2.53. The average Bonchev–Trinajstić information content (AvgIpc) is 2.37. The summed E-state index contributed by atoms with van der Waals surface area (Å²) < 4.78 is 31.8. The maximum atomic E-state index is 13.6. The summed E-state index contributed by atoms with van der Waals surface area (Å²) in [6.45, 7) is 0.0300. The molecule has 3 nitrogen and oxygen atoms in total. The highest BCUT2D eigenvalue weighted by molar-refractivity contribution is 6.30. The van der Waals surface area contributed by atoms with Crippen molar-refractivity contribution < 1.29 is 13.5 Å². The second kappa shape index (κ2) is 5.29. The van der Waals surface area contributed by atoms with Gasteiger partial charge < -0.3 is 10.5 Å². The van der Waals surface area contributed by atoms with E-state index < -0.39 is 11.6 Å². The number of halogens is 3. The molecule has 0 aliphatic heterocycles. The van der Waals surface area contributed by atoms with Crippen LogP contribution in [0, 0.1) is 11.6 Å². The first-order valence-corrected chi connectivity index (χ1v) is 5.46. The van der Waals surface area contributed by atoms with Crippen molar-refractivity contribution >= 4 is 11.6 Å². The summed E-state index contributed by atoms with van der Waals surface area (Å²) in [6, 6.07) is 5.51. The number of ether oxygens (including phenoxy) is 1. The fraction of sp³-hybridized carbons (Fsp3) is 0.0833. The highest BCUT2D eigenvalue weighted by atomic mass is 35.5. The van der Waals surface area contributed by atoms with Gasteiger partial charge in [0.1, 0.15) is 5.82 Å². The molecule has 0 aliphatic rings. The summed E-state index contributed by atoms with van der Waals surface area (Å²) in [6.07, 6.45) is 0.969. The Labute approximate surface area is 107 Å². The van der Waals surface area contributed by atoms with Crippen LogP contribution in [0.1, 0.15) is 5.56 Å². The van der Waals surface area contributed by atoms with Crippen molar-refractivity contribution in [1.29, 1.82) is 0 Å². The normalized spacial score (nSPS) is 10.4. The lowest BCUT2D eigenvalue weighted by Crippen LogP contribution is -2.02. The van der Waals surface area contributed by atoms with E-state index in [1.165, 1.54) is 24.3 Å². The van der Waals surface area contributed by atoms with Crippen LogP contribution in [0.3, 0.4) is 0 Å². The van der Waals surface area contributed by atoms with E-state index in [4.69, 9.17) is 22.1 Å². The van der Waals surface area contributed by atoms with Gasteiger partial charge in [-0.25, -0.2) is 13.8 Å². The Morgan fingerprint density at radius 2 is 2.11 bits per heavy atom. The van der Waals surface area contributed by atoms with Crippen LogP contribution in [0.25, 0.3) is 0 Å². The molecule has 0 fully saturated rings. The van der Waals surface area contributed by atoms with Gasteiger partial charge in [0, 0.05) is 12.1 Å². The standard InChI is InChI=1S/C12H9ClF2N2O/c13-9-2-1-3-10(11(9)15)18-12-7(5-16)4-8(14)6-17-12/h1-4,6H,5,16H2. The summed E-state index contributed by atoms with van der Waals surface area (Å²) in [5.41, 5.74) is 5.78. The number of benzene rings is 1. The molecule has 0 aliphatic carbocycles. The minimum atomic E-state index is -0.701. The largest absolute Gasteiger partial charge is 0.436 e. The Morgan fingerprint density at radius 3 is 2.83 bits per heavy atom. The molecular formula is C12H9ClF2N2O. The summed E-state index contributed by atoms with van der Waals surface area (Å²) in [5.74, 6) is -1.26. The predicted octanol–water partition coefficient (Wildman–Crippen LogP) is 3.26. The monoisotopic (exact) mass is 270 g/mol. The van der Waals surface area contributed by atoms with E-state index >= 15 is 0 Å². The molecule has 0 unspecified atom stereocenters. The Kier molecular flexibility index (Phi) is 3.74. The molecule has 0 atom stereocenters. The van der Waals surface area contributed by atoms with Gasteiger partial charge in [-0.3, -0.25) is 0 Å². The fourth-order valence-corrected chi connectivity index (χ4v) is 1.54. The molecule has 0 bridgehead atoms. The molecular weight excluding hydrogens is 262 g/mol. The second-order valence-corrected chi connectivity index (χ2v) is 3.88. The van der Waals surface area contributed by atoms with Gasteiger partial charge >= 0.3 is 0 Å². The number of pyridine rings is 1. The Morgan fingerprint density at radius 1 is 1.33 bits per heavy atom. The van der Waals surface area contributed by atoms with E-state index in [0.717, 1.165) is 6.20 Å². The predicted molar refractivity (Wildman–Crippen MR) is 63.6 cm³/mol. The van der Waals surface area contributed by atoms with Gasteiger partial charge in [-0.1, -0.05) is 17.7 Å². The zero-order valence-corrected chi connectivity index (χ0v) is 9.92. The second-order valence-electron chi connectivity index (χ2n) is 3.48. The van der Waals surface area contributed by atoms with Crippen LogP contribution in [0.2, 0.25) is 5.02 Å². The first-order chi connectivity index (χ1) is 8.61. The van der Waals surface area contributed by atoms with Crippen molar-refractivity contribution in [2.75, 3.05) is 0 Å². The number of nitrogens with two attached hydrogens (primary N) is 1. The minimum Gasteiger partial charge on any atom is -0.436 e. The Bertz CT molecular complexity index is 578. The van der Waals surface area contributed by atoms with E-state index in [-0.39, 0.29) is 23.2 Å². The molecule has 0 amide bonds. The maximum absolute atomic E-state index is 13.6. The van der Waals surface area contributed by atoms with Gasteiger partial charge in [-0.2, -0.15) is 0 Å². The average molecular weight is 271 g/mol. The summed E-state index contributed by atoms with van der Waals surface area (Å²) >= 11 is 5.62. The molecule has 1 aromatic carbocycles. The van der Waals surface area contributed by atoms with Crippen LogP contribution in [-0.4, -0.2) is 4.98 Å². The van der Waals surface area contributed by atoms with E-state index in [1.807, 2.05) is 0 Å². The van der Waals surface area contributed by atoms with Crippen LogP contribution in [-0.2, 0) is 6.54 Å². The summed E-state index contributed by atoms with van der Waals surface area (Å²) in [5, 5.41) is -0.0658. The third-order valence-electron chi connectivity index (χ3n) is 2.23. The lowest BCUT2D eigenvalue weighted by atomic mass is 10.2. The van der Waals surface area contributed by atoms with Crippen LogP contribution < -0.4 is 10.5 Å². The molecule has 6 heteroatoms. The van der Waals surface area contributed by atoms with E-state index in [9.17, 15) is 8.78 Å². The maximum Gasteiger partial charge on any atom is 0.224 e. The van der Waals surface area contributed by atoms with Crippen LogP contribution in [0.4, 0.5) is 8.78 Å². The fourth-order valence-electron chi connectivity index (χ4n) is 1.37. The van der Waals surface area contributed by atoms with Crippen molar-refractivity contribution in [2.45, 2.75) is 6.54 Å². The first kappa shape index (κ1) is 12.7. The van der Waals surface area contributed by atoms with Gasteiger partial charge in [-0.05, 0) is 18.2 Å². The summed E-state index contributed by atoms with van der Waals surface area (Å²) in [7, 11) is 0. The highest BCUT2D eigenvalue weighted by Crippen LogP contribution is 2.29. The molecule has 2 rings (SSSR count). The molecule has 0 saturated carbocycles. The number of aromatic nitrogens is 1. The highest BCUT2D eigenvalue weighted by Gasteiger charge is 2.12. The van der Waals surface area contributed by atoms with Crippen LogP contribution in [0.5, 0.6) is 11.6 Å². The molecule has 0 saturated heterocycles. The van der Waals surface area contributed by atoms with E-state index in [0.29, 0.717) is 5.56 Å². The number of rotatable bonds is 3. The first-order valence-electron chi connectivity index (χ1n) is 5.08. The Balaban J connectivity index is 2.37. The molecule has 2 N–H and O–H groups in total. The smallest absolute Gasteiger partial charge is 0.224 e. The van der Waals surface area contributed by atoms with Crippen LogP contribution >= 0.6 is 11.6 Å². The molecule has 18 heavy (non-hydrogen) atoms. The number of nitrogens with zero attached hydrogens (tertiary/aromatic N) is 1. The third kappa shape index (κ3) is 2.57. The van der Waals surface area contributed by atoms with Crippen molar-refractivity contribution in [3.63, 3.8) is 0 Å². The van der Waals surface area contributed by atoms with Crippen molar-refractivity contribution in [3.8, 4) is 11.6 Å². The Hall–Kier alpha value is -1.72. The topological polar surface area (TPSA) is 48.1 Å². The zero-order valence-electron chi connectivity index (χ0n) is 9.16. The molecule has 1 aromatic heterocycles. The molecule has 2 aromatic rings. The van der Waals surface area contributed by atoms with Gasteiger partial charge in [0.15, 0.2) is 11.6 Å². The lowest BCUT2D eigenvalue weighted by molar-refractivity contribution is 0.420. The quantitative estimate of drug-likeness (QED) is 0.931. The van der Waals surface area contributed by atoms with Gasteiger partial charge in [0.05, 0.1) is 11.2 Å². The summed E-state index contributed by atoms with van der Waals surface area (Å²) in [4.78, 5) is 3.73.